The zero-order valence-electron chi connectivity index (χ0n) is 47.5. The third kappa shape index (κ3) is 41.7. The maximum atomic E-state index is 14.4. The topological polar surface area (TPSA) is 149 Å². The first-order chi connectivity index (χ1) is 35.1. The Morgan fingerprint density at radius 1 is 0.278 bits per heavy atom. The second kappa shape index (κ2) is 51.8. The quantitative estimate of drug-likeness (QED) is 0.0348. The van der Waals surface area contributed by atoms with Gasteiger partial charge < -0.3 is 20.4 Å². The van der Waals surface area contributed by atoms with Gasteiger partial charge in [-0.3, -0.25) is 19.2 Å². The van der Waals surface area contributed by atoms with Crippen LogP contribution in [0.3, 0.4) is 0 Å². The van der Waals surface area contributed by atoms with Crippen molar-refractivity contribution in [3.05, 3.63) is 24.3 Å². The molecule has 422 valence electrons. The number of carboxylic acids is 4. The minimum atomic E-state index is -0.708. The normalized spacial score (nSPS) is 12.2. The minimum absolute atomic E-state index is 0.197. The fourth-order valence-electron chi connectivity index (χ4n) is 11.5. The smallest absolute Gasteiger partial charge is 0.310 e. The molecule has 8 heteroatoms. The molecule has 0 saturated heterocycles. The molecule has 0 atom stereocenters. The average molecular weight is 1020 g/mol. The van der Waals surface area contributed by atoms with Crippen LogP contribution in [0.15, 0.2) is 24.3 Å². The maximum absolute atomic E-state index is 14.4. The minimum Gasteiger partial charge on any atom is -0.481 e. The van der Waals surface area contributed by atoms with Gasteiger partial charge in [0, 0.05) is 19.3 Å². The van der Waals surface area contributed by atoms with Crippen molar-refractivity contribution >= 4 is 23.9 Å². The number of rotatable bonds is 59. The lowest BCUT2D eigenvalue weighted by Gasteiger charge is -2.50. The predicted molar refractivity (Wildman–Crippen MR) is 305 cm³/mol. The predicted octanol–water partition coefficient (Wildman–Crippen LogP) is 20.7. The molecule has 0 unspecified atom stereocenters. The van der Waals surface area contributed by atoms with Gasteiger partial charge >= 0.3 is 23.9 Å². The molecule has 0 heterocycles. The highest BCUT2D eigenvalue weighted by atomic mass is 16.4. The number of carbonyl (C=O) groups is 4. The molecule has 0 aromatic rings. The SMILES string of the molecule is CCCCCCCCC(CCCCCCCC)(CCCCCCCCC(=O)O)C(CCCCCCCC/C=C\CCCCCCCC(=O)O)(CCCCCCCC/C=C\CCCCCCCC(=O)O)C(=O)O. The first kappa shape index (κ1) is 69.4. The lowest BCUT2D eigenvalue weighted by molar-refractivity contribution is -0.164. The molecule has 0 aliphatic heterocycles. The van der Waals surface area contributed by atoms with Crippen molar-refractivity contribution in [2.24, 2.45) is 10.8 Å². The highest BCUT2D eigenvalue weighted by Gasteiger charge is 2.54. The first-order valence-electron chi connectivity index (χ1n) is 31.3. The van der Waals surface area contributed by atoms with E-state index in [0.717, 1.165) is 173 Å². The Morgan fingerprint density at radius 2 is 0.486 bits per heavy atom. The van der Waals surface area contributed by atoms with Crippen LogP contribution in [-0.4, -0.2) is 44.3 Å². The zero-order chi connectivity index (χ0) is 52.9. The summed E-state index contributed by atoms with van der Waals surface area (Å²) < 4.78 is 0. The van der Waals surface area contributed by atoms with Crippen molar-refractivity contribution in [1.82, 2.24) is 0 Å². The standard InChI is InChI=1S/C64H118O8/c1-3-5-7-9-38-46-54-63(55-47-39-10-8-6-4-2,56-48-40-34-31-37-45-53-61(69)70)64(62(71)72,57-49-41-32-27-23-19-15-11-13-17-21-25-29-35-43-51-59(65)66)58-50-42-33-28-24-20-16-12-14-18-22-26-30-36-44-52-60(67)68/h11-14H,3-10,15-58H2,1-2H3,(H,65,66)(H,67,68)(H,69,70)(H,71,72)/b13-11-,14-12-. The summed E-state index contributed by atoms with van der Waals surface area (Å²) in [5, 5.41) is 38.6. The van der Waals surface area contributed by atoms with Gasteiger partial charge in [0.1, 0.15) is 0 Å². The van der Waals surface area contributed by atoms with Crippen LogP contribution >= 0.6 is 0 Å². The fraction of sp³-hybridized carbons (Fsp3) is 0.875. The summed E-state index contributed by atoms with van der Waals surface area (Å²) in [5.74, 6) is -2.60. The molecule has 0 aliphatic carbocycles. The summed E-state index contributed by atoms with van der Waals surface area (Å²) in [6, 6.07) is 0. The lowest BCUT2D eigenvalue weighted by atomic mass is 9.53. The van der Waals surface area contributed by atoms with Crippen molar-refractivity contribution in [2.45, 2.75) is 348 Å². The van der Waals surface area contributed by atoms with Crippen LogP contribution in [0, 0.1) is 10.8 Å². The third-order valence-corrected chi connectivity index (χ3v) is 16.0. The number of hydrogen-bond donors (Lipinski definition) is 4. The zero-order valence-corrected chi connectivity index (χ0v) is 47.5. The van der Waals surface area contributed by atoms with Crippen LogP contribution in [0.1, 0.15) is 348 Å². The average Bonchev–Trinajstić information content (AvgIpc) is 3.35. The Labute approximate surface area is 444 Å². The van der Waals surface area contributed by atoms with Gasteiger partial charge in [0.05, 0.1) is 5.41 Å². The molecule has 0 fully saturated rings. The van der Waals surface area contributed by atoms with Gasteiger partial charge in [-0.15, -0.1) is 0 Å². The monoisotopic (exact) mass is 1010 g/mol. The summed E-state index contributed by atoms with van der Waals surface area (Å²) in [5.41, 5.74) is -0.898. The Morgan fingerprint density at radius 3 is 0.722 bits per heavy atom. The number of allylic oxidation sites excluding steroid dienone is 4. The van der Waals surface area contributed by atoms with Crippen LogP contribution in [0.25, 0.3) is 0 Å². The molecule has 0 radical (unpaired) electrons. The number of hydrogen-bond acceptors (Lipinski definition) is 4. The second-order valence-electron chi connectivity index (χ2n) is 22.4. The van der Waals surface area contributed by atoms with Crippen LogP contribution in [0.5, 0.6) is 0 Å². The Balaban J connectivity index is 5.85. The van der Waals surface area contributed by atoms with E-state index in [0.29, 0.717) is 0 Å². The van der Waals surface area contributed by atoms with Gasteiger partial charge in [-0.05, 0) is 108 Å². The van der Waals surface area contributed by atoms with Crippen molar-refractivity contribution < 1.29 is 39.6 Å². The molecule has 72 heavy (non-hydrogen) atoms. The van der Waals surface area contributed by atoms with Crippen LogP contribution in [-0.2, 0) is 19.2 Å². The van der Waals surface area contributed by atoms with E-state index in [2.05, 4.69) is 38.2 Å². The number of unbranched alkanes of at least 4 members (excludes halogenated alkanes) is 37. The van der Waals surface area contributed by atoms with Crippen LogP contribution in [0.2, 0.25) is 0 Å². The number of aliphatic carboxylic acids is 4. The van der Waals surface area contributed by atoms with E-state index >= 15 is 0 Å². The number of carboxylic acid groups (broad SMARTS) is 4. The van der Waals surface area contributed by atoms with E-state index in [9.17, 15) is 24.3 Å². The van der Waals surface area contributed by atoms with Gasteiger partial charge in [-0.25, -0.2) is 0 Å². The third-order valence-electron chi connectivity index (χ3n) is 16.0. The van der Waals surface area contributed by atoms with Gasteiger partial charge in [0.2, 0.25) is 0 Å². The Hall–Kier alpha value is -2.64. The Kier molecular flexibility index (Phi) is 49.9. The Bertz CT molecular complexity index is 1230. The van der Waals surface area contributed by atoms with E-state index in [1.54, 1.807) is 0 Å². The summed E-state index contributed by atoms with van der Waals surface area (Å²) in [6.07, 6.45) is 64.6. The van der Waals surface area contributed by atoms with Crippen molar-refractivity contribution in [2.75, 3.05) is 0 Å². The molecule has 0 rings (SSSR count). The molecular weight excluding hydrogens is 897 g/mol. The van der Waals surface area contributed by atoms with Crippen molar-refractivity contribution in [3.8, 4) is 0 Å². The molecule has 0 amide bonds. The van der Waals surface area contributed by atoms with Gasteiger partial charge in [-0.2, -0.15) is 0 Å². The summed E-state index contributed by atoms with van der Waals surface area (Å²) in [6.45, 7) is 4.55. The van der Waals surface area contributed by atoms with E-state index in [-0.39, 0.29) is 24.7 Å². The summed E-state index contributed by atoms with van der Waals surface area (Å²) in [4.78, 5) is 46.9. The molecule has 0 aromatic heterocycles. The largest absolute Gasteiger partial charge is 0.481 e. The van der Waals surface area contributed by atoms with Crippen molar-refractivity contribution in [1.29, 1.82) is 0 Å². The maximum Gasteiger partial charge on any atom is 0.310 e. The van der Waals surface area contributed by atoms with E-state index in [1.165, 1.54) is 141 Å². The van der Waals surface area contributed by atoms with E-state index in [1.807, 2.05) is 0 Å². The molecule has 0 aliphatic rings. The molecule has 8 nitrogen and oxygen atoms in total. The highest BCUT2D eigenvalue weighted by Crippen LogP contribution is 2.57. The van der Waals surface area contributed by atoms with Gasteiger partial charge in [0.15, 0.2) is 0 Å². The summed E-state index contributed by atoms with van der Waals surface area (Å²) in [7, 11) is 0. The van der Waals surface area contributed by atoms with E-state index < -0.39 is 29.3 Å². The molecular formula is C64H118O8. The molecule has 0 bridgehead atoms. The van der Waals surface area contributed by atoms with Crippen LogP contribution < -0.4 is 0 Å². The summed E-state index contributed by atoms with van der Waals surface area (Å²) >= 11 is 0. The van der Waals surface area contributed by atoms with Crippen LogP contribution in [0.4, 0.5) is 0 Å². The lowest BCUT2D eigenvalue weighted by Crippen LogP contribution is -2.48. The molecule has 0 aromatic carbocycles. The first-order valence-corrected chi connectivity index (χ1v) is 31.3. The second-order valence-corrected chi connectivity index (χ2v) is 22.4. The van der Waals surface area contributed by atoms with Crippen molar-refractivity contribution in [3.63, 3.8) is 0 Å². The van der Waals surface area contributed by atoms with Gasteiger partial charge in [0.25, 0.3) is 0 Å². The fourth-order valence-corrected chi connectivity index (χ4v) is 11.5. The highest BCUT2D eigenvalue weighted by molar-refractivity contribution is 5.76. The molecule has 0 saturated carbocycles. The van der Waals surface area contributed by atoms with Gasteiger partial charge in [-0.1, -0.05) is 250 Å². The van der Waals surface area contributed by atoms with E-state index in [4.69, 9.17) is 15.3 Å². The molecule has 0 spiro atoms. The molecule has 4 N–H and O–H groups in total.